The minimum atomic E-state index is 1.15. The highest BCUT2D eigenvalue weighted by atomic mass is 16.5. The van der Waals surface area contributed by atoms with Gasteiger partial charge in [-0.3, -0.25) is 0 Å². The van der Waals surface area contributed by atoms with Gasteiger partial charge in [0.2, 0.25) is 0 Å². The number of hydrogen-bond acceptors (Lipinski definition) is 1. The zero-order chi connectivity index (χ0) is 6.95. The van der Waals surface area contributed by atoms with Crippen LogP contribution in [0.4, 0.5) is 0 Å². The zero-order valence-corrected chi connectivity index (χ0v) is 6.39. The van der Waals surface area contributed by atoms with Crippen LogP contribution in [0.1, 0.15) is 32.6 Å². The van der Waals surface area contributed by atoms with Gasteiger partial charge in [0, 0.05) is 0 Å². The van der Waals surface area contributed by atoms with E-state index < -0.39 is 0 Å². The Bertz CT molecular complexity index is 67.0. The predicted molar refractivity (Wildman–Crippen MR) is 40.3 cm³/mol. The van der Waals surface area contributed by atoms with Crippen LogP contribution in [0.25, 0.3) is 0 Å². The first kappa shape index (κ1) is 8.54. The summed E-state index contributed by atoms with van der Waals surface area (Å²) >= 11 is 0. The van der Waals surface area contributed by atoms with Crippen LogP contribution in [-0.2, 0) is 4.74 Å². The van der Waals surface area contributed by atoms with E-state index in [0.29, 0.717) is 0 Å². The first-order valence-corrected chi connectivity index (χ1v) is 3.59. The third kappa shape index (κ3) is 7.54. The van der Waals surface area contributed by atoms with Gasteiger partial charge in [-0.1, -0.05) is 19.8 Å². The zero-order valence-electron chi connectivity index (χ0n) is 6.39. The molecule has 0 bridgehead atoms. The van der Waals surface area contributed by atoms with Crippen molar-refractivity contribution in [2.24, 2.45) is 0 Å². The lowest BCUT2D eigenvalue weighted by atomic mass is 10.2. The fraction of sp³-hybridized carbons (Fsp3) is 0.750. The second-order valence-electron chi connectivity index (χ2n) is 2.10. The van der Waals surface area contributed by atoms with Crippen molar-refractivity contribution in [1.29, 1.82) is 0 Å². The van der Waals surface area contributed by atoms with Crippen molar-refractivity contribution in [3.63, 3.8) is 0 Å². The van der Waals surface area contributed by atoms with Crippen molar-refractivity contribution in [2.75, 3.05) is 7.11 Å². The molecular weight excluding hydrogens is 112 g/mol. The SMILES string of the molecule is CCCCCC=COC. The standard InChI is InChI=1S/C8H16O/c1-3-4-5-6-7-8-9-2/h7-8H,3-6H2,1-2H3. The Kier molecular flexibility index (Phi) is 7.15. The number of unbranched alkanes of at least 4 members (excludes halogenated alkanes) is 3. The van der Waals surface area contributed by atoms with Gasteiger partial charge in [0.1, 0.15) is 0 Å². The fourth-order valence-electron chi connectivity index (χ4n) is 0.676. The quantitative estimate of drug-likeness (QED) is 0.408. The van der Waals surface area contributed by atoms with Crippen molar-refractivity contribution in [3.8, 4) is 0 Å². The molecule has 0 radical (unpaired) electrons. The highest BCUT2D eigenvalue weighted by Gasteiger charge is 1.79. The smallest absolute Gasteiger partial charge is 0.0784 e. The molecule has 1 nitrogen and oxygen atoms in total. The molecule has 0 aromatic rings. The highest BCUT2D eigenvalue weighted by Crippen LogP contribution is 1.98. The summed E-state index contributed by atoms with van der Waals surface area (Å²) in [5.74, 6) is 0. The summed E-state index contributed by atoms with van der Waals surface area (Å²) in [6.45, 7) is 2.21. The van der Waals surface area contributed by atoms with Crippen molar-refractivity contribution < 1.29 is 4.74 Å². The number of rotatable bonds is 5. The third-order valence-corrected chi connectivity index (χ3v) is 1.21. The van der Waals surface area contributed by atoms with Crippen molar-refractivity contribution in [1.82, 2.24) is 0 Å². The van der Waals surface area contributed by atoms with E-state index in [1.165, 1.54) is 19.3 Å². The van der Waals surface area contributed by atoms with Gasteiger partial charge in [0.25, 0.3) is 0 Å². The molecule has 0 N–H and O–H groups in total. The summed E-state index contributed by atoms with van der Waals surface area (Å²) in [7, 11) is 1.68. The predicted octanol–water partition coefficient (Wildman–Crippen LogP) is 2.73. The number of hydrogen-bond donors (Lipinski definition) is 0. The number of allylic oxidation sites excluding steroid dienone is 1. The summed E-state index contributed by atoms with van der Waals surface area (Å²) in [4.78, 5) is 0. The molecule has 54 valence electrons. The van der Waals surface area contributed by atoms with Crippen LogP contribution in [0.2, 0.25) is 0 Å². The monoisotopic (exact) mass is 128 g/mol. The van der Waals surface area contributed by atoms with E-state index in [9.17, 15) is 0 Å². The molecular formula is C8H16O. The maximum atomic E-state index is 4.74. The van der Waals surface area contributed by atoms with Crippen LogP contribution < -0.4 is 0 Å². The summed E-state index contributed by atoms with van der Waals surface area (Å²) in [6.07, 6.45) is 8.87. The molecule has 0 unspecified atom stereocenters. The molecule has 9 heavy (non-hydrogen) atoms. The van der Waals surface area contributed by atoms with E-state index in [2.05, 4.69) is 13.0 Å². The fourth-order valence-corrected chi connectivity index (χ4v) is 0.676. The molecule has 0 spiro atoms. The molecule has 0 fully saturated rings. The highest BCUT2D eigenvalue weighted by molar-refractivity contribution is 4.72. The summed E-state index contributed by atoms with van der Waals surface area (Å²) in [6, 6.07) is 0. The van der Waals surface area contributed by atoms with E-state index in [1.807, 2.05) is 0 Å². The Labute approximate surface area is 57.7 Å². The maximum absolute atomic E-state index is 4.74. The van der Waals surface area contributed by atoms with Crippen LogP contribution in [0.15, 0.2) is 12.3 Å². The van der Waals surface area contributed by atoms with Crippen molar-refractivity contribution >= 4 is 0 Å². The van der Waals surface area contributed by atoms with Gasteiger partial charge >= 0.3 is 0 Å². The normalized spacial score (nSPS) is 10.4. The van der Waals surface area contributed by atoms with Gasteiger partial charge in [-0.15, -0.1) is 0 Å². The van der Waals surface area contributed by atoms with Crippen LogP contribution in [0.3, 0.4) is 0 Å². The molecule has 0 aliphatic rings. The van der Waals surface area contributed by atoms with Gasteiger partial charge in [-0.2, -0.15) is 0 Å². The first-order chi connectivity index (χ1) is 4.41. The van der Waals surface area contributed by atoms with Crippen LogP contribution in [-0.4, -0.2) is 7.11 Å². The minimum absolute atomic E-state index is 1.15. The Hall–Kier alpha value is -0.460. The van der Waals surface area contributed by atoms with Gasteiger partial charge in [0.05, 0.1) is 13.4 Å². The lowest BCUT2D eigenvalue weighted by Gasteiger charge is -1.90. The number of methoxy groups -OCH3 is 1. The van der Waals surface area contributed by atoms with Crippen LogP contribution in [0, 0.1) is 0 Å². The summed E-state index contributed by atoms with van der Waals surface area (Å²) in [5, 5.41) is 0. The van der Waals surface area contributed by atoms with Crippen molar-refractivity contribution in [3.05, 3.63) is 12.3 Å². The second kappa shape index (κ2) is 7.54. The molecule has 0 saturated heterocycles. The minimum Gasteiger partial charge on any atom is -0.505 e. The summed E-state index contributed by atoms with van der Waals surface area (Å²) < 4.78 is 4.74. The average Bonchev–Trinajstić information content (AvgIpc) is 1.89. The van der Waals surface area contributed by atoms with Gasteiger partial charge < -0.3 is 4.74 Å². The Morgan fingerprint density at radius 3 is 2.67 bits per heavy atom. The lowest BCUT2D eigenvalue weighted by molar-refractivity contribution is 0.336. The Balaban J connectivity index is 2.82. The van der Waals surface area contributed by atoms with E-state index in [-0.39, 0.29) is 0 Å². The van der Waals surface area contributed by atoms with Gasteiger partial charge in [0.15, 0.2) is 0 Å². The molecule has 0 amide bonds. The molecule has 0 atom stereocenters. The van der Waals surface area contributed by atoms with Gasteiger partial charge in [-0.25, -0.2) is 0 Å². The van der Waals surface area contributed by atoms with Crippen molar-refractivity contribution in [2.45, 2.75) is 32.6 Å². The molecule has 0 rings (SSSR count). The van der Waals surface area contributed by atoms with Crippen LogP contribution >= 0.6 is 0 Å². The van der Waals surface area contributed by atoms with E-state index in [4.69, 9.17) is 4.74 Å². The van der Waals surface area contributed by atoms with Gasteiger partial charge in [-0.05, 0) is 18.9 Å². The first-order valence-electron chi connectivity index (χ1n) is 3.59. The second-order valence-corrected chi connectivity index (χ2v) is 2.10. The van der Waals surface area contributed by atoms with E-state index >= 15 is 0 Å². The maximum Gasteiger partial charge on any atom is 0.0784 e. The molecule has 0 heterocycles. The Morgan fingerprint density at radius 2 is 2.11 bits per heavy atom. The number of ether oxygens (including phenoxy) is 1. The molecule has 0 aromatic heterocycles. The van der Waals surface area contributed by atoms with E-state index in [0.717, 1.165) is 6.42 Å². The molecule has 1 heteroatoms. The Morgan fingerprint density at radius 1 is 1.33 bits per heavy atom. The van der Waals surface area contributed by atoms with Crippen LogP contribution in [0.5, 0.6) is 0 Å². The molecule has 0 aliphatic carbocycles. The average molecular weight is 128 g/mol. The van der Waals surface area contributed by atoms with E-state index in [1.54, 1.807) is 13.4 Å². The lowest BCUT2D eigenvalue weighted by Crippen LogP contribution is -1.71. The largest absolute Gasteiger partial charge is 0.505 e. The third-order valence-electron chi connectivity index (χ3n) is 1.21. The molecule has 0 aliphatic heterocycles. The summed E-state index contributed by atoms with van der Waals surface area (Å²) in [5.41, 5.74) is 0. The molecule has 0 saturated carbocycles. The molecule has 0 aromatic carbocycles. The topological polar surface area (TPSA) is 9.23 Å².